The van der Waals surface area contributed by atoms with Crippen LogP contribution in [0.1, 0.15) is 10.5 Å². The van der Waals surface area contributed by atoms with Crippen LogP contribution in [-0.2, 0) is 10.0 Å². The molecule has 3 N–H and O–H groups in total. The lowest BCUT2D eigenvalue weighted by molar-refractivity contribution is 0.0977. The first-order chi connectivity index (χ1) is 17.3. The van der Waals surface area contributed by atoms with E-state index < -0.39 is 15.9 Å². The number of anilines is 2. The van der Waals surface area contributed by atoms with Crippen LogP contribution in [0.15, 0.2) is 70.7 Å². The van der Waals surface area contributed by atoms with Crippen LogP contribution in [-0.4, -0.2) is 40.6 Å². The summed E-state index contributed by atoms with van der Waals surface area (Å²) in [5.74, 6) is 0.353. The molecule has 3 aromatic carbocycles. The molecule has 4 aromatic rings. The smallest absolute Gasteiger partial charge is 0.281 e. The fourth-order valence-electron chi connectivity index (χ4n) is 3.66. The Morgan fingerprint density at radius 3 is 2.17 bits per heavy atom. The van der Waals surface area contributed by atoms with Gasteiger partial charge in [0.2, 0.25) is 5.75 Å². The van der Waals surface area contributed by atoms with Gasteiger partial charge in [-0.25, -0.2) is 13.1 Å². The maximum Gasteiger partial charge on any atom is 0.281 e. The second kappa shape index (κ2) is 9.96. The highest BCUT2D eigenvalue weighted by Crippen LogP contribution is 2.42. The minimum absolute atomic E-state index is 0.0467. The molecule has 0 atom stereocenters. The molecule has 0 bridgehead atoms. The van der Waals surface area contributed by atoms with Gasteiger partial charge in [-0.1, -0.05) is 18.2 Å². The zero-order valence-corrected chi connectivity index (χ0v) is 20.3. The molecule has 0 fully saturated rings. The van der Waals surface area contributed by atoms with Crippen molar-refractivity contribution in [3.05, 3.63) is 71.3 Å². The predicted molar refractivity (Wildman–Crippen MR) is 134 cm³/mol. The monoisotopic (exact) mass is 510 g/mol. The number of nitrogens with one attached hydrogen (secondary N) is 3. The third-order valence-corrected chi connectivity index (χ3v) is 6.69. The zero-order chi connectivity index (χ0) is 25.9. The molecule has 11 nitrogen and oxygen atoms in total. The standard InChI is InChI=1S/C24H22N4O7S/c1-33-20-11-14(12-21(34-2)23(20)35-3)25-17-9-10-18(27-30)22-16(17)13-19(26-22)24(29)28-36(31,32)15-7-5-4-6-8-15/h4-13,25-26H,1-3H3,(H,28,29). The van der Waals surface area contributed by atoms with Crippen LogP contribution in [0.4, 0.5) is 17.1 Å². The van der Waals surface area contributed by atoms with E-state index in [0.29, 0.717) is 34.0 Å². The summed E-state index contributed by atoms with van der Waals surface area (Å²) >= 11 is 0. The minimum atomic E-state index is -4.10. The lowest BCUT2D eigenvalue weighted by atomic mass is 10.1. The number of nitrogens with zero attached hydrogens (tertiary/aromatic N) is 1. The number of nitroso groups, excluding NO2 is 1. The molecular formula is C24H22N4O7S. The number of carbonyl (C=O) groups excluding carboxylic acids is 1. The predicted octanol–water partition coefficient (Wildman–Crippen LogP) is 4.45. The highest BCUT2D eigenvalue weighted by atomic mass is 32.2. The number of aromatic amines is 1. The van der Waals surface area contributed by atoms with Gasteiger partial charge < -0.3 is 24.5 Å². The lowest BCUT2D eigenvalue weighted by Gasteiger charge is -2.15. The molecule has 0 aliphatic heterocycles. The Morgan fingerprint density at radius 2 is 1.58 bits per heavy atom. The molecule has 0 radical (unpaired) electrons. The van der Waals surface area contributed by atoms with E-state index in [0.717, 1.165) is 0 Å². The zero-order valence-electron chi connectivity index (χ0n) is 19.5. The lowest BCUT2D eigenvalue weighted by Crippen LogP contribution is -2.30. The van der Waals surface area contributed by atoms with Crippen molar-refractivity contribution in [3.63, 3.8) is 0 Å². The van der Waals surface area contributed by atoms with Gasteiger partial charge in [0, 0.05) is 28.9 Å². The number of aromatic nitrogens is 1. The number of fused-ring (bicyclic) bond motifs is 1. The Labute approximate surface area is 206 Å². The highest BCUT2D eigenvalue weighted by molar-refractivity contribution is 7.90. The highest BCUT2D eigenvalue weighted by Gasteiger charge is 2.22. The number of H-pyrrole nitrogens is 1. The molecule has 0 aliphatic carbocycles. The van der Waals surface area contributed by atoms with Crippen LogP contribution in [0.25, 0.3) is 10.9 Å². The molecule has 0 spiro atoms. The number of sulfonamides is 1. The topological polar surface area (TPSA) is 148 Å². The second-order valence-electron chi connectivity index (χ2n) is 7.48. The van der Waals surface area contributed by atoms with Crippen molar-refractivity contribution < 1.29 is 27.4 Å². The summed E-state index contributed by atoms with van der Waals surface area (Å²) in [6, 6.07) is 15.4. The Morgan fingerprint density at radius 1 is 0.917 bits per heavy atom. The number of carbonyl (C=O) groups is 1. The number of hydrogen-bond acceptors (Lipinski definition) is 9. The van der Waals surface area contributed by atoms with Crippen LogP contribution in [0.5, 0.6) is 17.2 Å². The quantitative estimate of drug-likeness (QED) is 0.280. The first-order valence-electron chi connectivity index (χ1n) is 10.5. The minimum Gasteiger partial charge on any atom is -0.493 e. The van der Waals surface area contributed by atoms with Gasteiger partial charge in [0.25, 0.3) is 15.9 Å². The van der Waals surface area contributed by atoms with Gasteiger partial charge in [-0.2, -0.15) is 0 Å². The van der Waals surface area contributed by atoms with E-state index in [2.05, 4.69) is 15.5 Å². The number of rotatable bonds is 9. The van der Waals surface area contributed by atoms with E-state index in [9.17, 15) is 18.1 Å². The molecule has 186 valence electrons. The summed E-state index contributed by atoms with van der Waals surface area (Å²) in [5.41, 5.74) is 1.30. The van der Waals surface area contributed by atoms with Gasteiger partial charge in [0.1, 0.15) is 11.4 Å². The fourth-order valence-corrected chi connectivity index (χ4v) is 4.64. The summed E-state index contributed by atoms with van der Waals surface area (Å²) in [7, 11) is 0.372. The van der Waals surface area contributed by atoms with Gasteiger partial charge in [-0.15, -0.1) is 4.91 Å². The maximum atomic E-state index is 12.8. The Kier molecular flexibility index (Phi) is 6.79. The molecule has 4 rings (SSSR count). The van der Waals surface area contributed by atoms with Crippen molar-refractivity contribution in [2.45, 2.75) is 4.90 Å². The van der Waals surface area contributed by atoms with Crippen LogP contribution in [0.3, 0.4) is 0 Å². The normalized spacial score (nSPS) is 11.1. The average molecular weight is 511 g/mol. The fraction of sp³-hybridized carbons (Fsp3) is 0.125. The average Bonchev–Trinajstić information content (AvgIpc) is 3.35. The first-order valence-corrected chi connectivity index (χ1v) is 12.0. The van der Waals surface area contributed by atoms with Crippen molar-refractivity contribution in [2.24, 2.45) is 5.18 Å². The summed E-state index contributed by atoms with van der Waals surface area (Å²) < 4.78 is 43.3. The Hall–Kier alpha value is -4.58. The second-order valence-corrected chi connectivity index (χ2v) is 9.16. The number of ether oxygens (including phenoxy) is 3. The third kappa shape index (κ3) is 4.66. The van der Waals surface area contributed by atoms with Crippen LogP contribution in [0, 0.1) is 4.91 Å². The molecule has 1 amide bonds. The van der Waals surface area contributed by atoms with Crippen molar-refractivity contribution in [3.8, 4) is 17.2 Å². The van der Waals surface area contributed by atoms with E-state index in [1.54, 1.807) is 36.4 Å². The number of hydrogen-bond donors (Lipinski definition) is 3. The van der Waals surface area contributed by atoms with E-state index in [1.807, 2.05) is 4.72 Å². The summed E-state index contributed by atoms with van der Waals surface area (Å²) in [6.07, 6.45) is 0. The summed E-state index contributed by atoms with van der Waals surface area (Å²) in [6.45, 7) is 0. The van der Waals surface area contributed by atoms with Gasteiger partial charge in [-0.05, 0) is 35.5 Å². The van der Waals surface area contributed by atoms with Crippen LogP contribution >= 0.6 is 0 Å². The van der Waals surface area contributed by atoms with Crippen molar-refractivity contribution in [1.82, 2.24) is 9.71 Å². The molecule has 0 unspecified atom stereocenters. The molecule has 1 heterocycles. The number of amides is 1. The molecule has 0 saturated carbocycles. The van der Waals surface area contributed by atoms with Crippen LogP contribution < -0.4 is 24.2 Å². The van der Waals surface area contributed by atoms with Gasteiger partial charge in [0.05, 0.1) is 31.7 Å². The van der Waals surface area contributed by atoms with Crippen molar-refractivity contribution >= 4 is 43.9 Å². The molecule has 0 aliphatic rings. The molecule has 12 heteroatoms. The SMILES string of the molecule is COc1cc(Nc2ccc(N=O)c3[nH]c(C(=O)NS(=O)(=O)c4ccccc4)cc23)cc(OC)c1OC. The Balaban J connectivity index is 1.72. The van der Waals surface area contributed by atoms with Crippen LogP contribution in [0.2, 0.25) is 0 Å². The van der Waals surface area contributed by atoms with E-state index in [1.165, 1.54) is 45.6 Å². The van der Waals surface area contributed by atoms with E-state index in [-0.39, 0.29) is 21.8 Å². The van der Waals surface area contributed by atoms with Crippen molar-refractivity contribution in [1.29, 1.82) is 0 Å². The van der Waals surface area contributed by atoms with E-state index >= 15 is 0 Å². The largest absolute Gasteiger partial charge is 0.493 e. The van der Waals surface area contributed by atoms with E-state index in [4.69, 9.17) is 14.2 Å². The molecule has 36 heavy (non-hydrogen) atoms. The number of methoxy groups -OCH3 is 3. The summed E-state index contributed by atoms with van der Waals surface area (Å²) in [5, 5.41) is 6.63. The first kappa shape index (κ1) is 24.5. The third-order valence-electron chi connectivity index (χ3n) is 5.34. The molecule has 1 aromatic heterocycles. The maximum absolute atomic E-state index is 12.8. The van der Waals surface area contributed by atoms with Gasteiger partial charge in [-0.3, -0.25) is 4.79 Å². The molecule has 0 saturated heterocycles. The van der Waals surface area contributed by atoms with Crippen molar-refractivity contribution in [2.75, 3.05) is 26.6 Å². The summed E-state index contributed by atoms with van der Waals surface area (Å²) in [4.78, 5) is 26.9. The Bertz CT molecular complexity index is 1520. The van der Waals surface area contributed by atoms with Gasteiger partial charge >= 0.3 is 0 Å². The number of benzene rings is 3. The molecular weight excluding hydrogens is 488 g/mol. The van der Waals surface area contributed by atoms with Gasteiger partial charge in [0.15, 0.2) is 11.5 Å².